The largest absolute Gasteiger partial charge is 0.459 e. The quantitative estimate of drug-likeness (QED) is 0.209. The molecule has 8 nitrogen and oxygen atoms in total. The second-order valence-corrected chi connectivity index (χ2v) is 8.99. The number of halogens is 1. The van der Waals surface area contributed by atoms with Crippen LogP contribution in [0.5, 0.6) is 0 Å². The Morgan fingerprint density at radius 3 is 1.66 bits per heavy atom. The highest BCUT2D eigenvalue weighted by Gasteiger charge is 2.57. The third-order valence-corrected chi connectivity index (χ3v) is 5.91. The number of esters is 3. The lowest BCUT2D eigenvalue weighted by Crippen LogP contribution is -2.49. The Bertz CT molecular complexity index is 1170. The normalized spacial score (nSPS) is 23.3. The predicted octanol–water partition coefficient (Wildman–Crippen LogP) is 3.70. The molecule has 35 heavy (non-hydrogen) atoms. The van der Waals surface area contributed by atoms with E-state index in [0.29, 0.717) is 5.56 Å². The van der Waals surface area contributed by atoms with Crippen molar-refractivity contribution in [3.8, 4) is 0 Å². The fourth-order valence-electron chi connectivity index (χ4n) is 3.54. The average Bonchev–Trinajstić information content (AvgIpc) is 3.12. The molecule has 2 N–H and O–H groups in total. The van der Waals surface area contributed by atoms with Gasteiger partial charge in [0.2, 0.25) is 4.63 Å². The Labute approximate surface area is 210 Å². The van der Waals surface area contributed by atoms with Gasteiger partial charge in [-0.1, -0.05) is 54.6 Å². The molecule has 0 aliphatic carbocycles. The van der Waals surface area contributed by atoms with E-state index in [1.54, 1.807) is 91.0 Å². The number of alkyl halides is 1. The van der Waals surface area contributed by atoms with Gasteiger partial charge in [0.05, 0.1) is 16.7 Å². The molecule has 0 spiro atoms. The number of benzene rings is 3. The van der Waals surface area contributed by atoms with Gasteiger partial charge in [-0.3, -0.25) is 5.73 Å². The number of carbonyl (C=O) groups is 3. The Morgan fingerprint density at radius 2 is 1.17 bits per heavy atom. The monoisotopic (exact) mass is 539 g/mol. The zero-order valence-electron chi connectivity index (χ0n) is 18.4. The van der Waals surface area contributed by atoms with Crippen molar-refractivity contribution in [2.75, 3.05) is 6.61 Å². The van der Waals surface area contributed by atoms with Gasteiger partial charge in [0.15, 0.2) is 12.2 Å². The first-order valence-corrected chi connectivity index (χ1v) is 11.5. The van der Waals surface area contributed by atoms with E-state index < -0.39 is 40.9 Å². The maximum Gasteiger partial charge on any atom is 0.338 e. The first-order valence-electron chi connectivity index (χ1n) is 10.7. The summed E-state index contributed by atoms with van der Waals surface area (Å²) in [7, 11) is 0. The molecule has 0 amide bonds. The van der Waals surface area contributed by atoms with Gasteiger partial charge < -0.3 is 18.9 Å². The molecule has 3 aromatic carbocycles. The van der Waals surface area contributed by atoms with Gasteiger partial charge in [-0.05, 0) is 52.3 Å². The van der Waals surface area contributed by atoms with Crippen LogP contribution < -0.4 is 5.73 Å². The first-order chi connectivity index (χ1) is 16.8. The van der Waals surface area contributed by atoms with E-state index in [1.807, 2.05) is 0 Å². The highest BCUT2D eigenvalue weighted by atomic mass is 79.9. The Morgan fingerprint density at radius 1 is 0.743 bits per heavy atom. The van der Waals surface area contributed by atoms with E-state index in [1.165, 1.54) is 0 Å². The number of hydrogen-bond acceptors (Lipinski definition) is 8. The lowest BCUT2D eigenvalue weighted by molar-refractivity contribution is -0.0470. The molecule has 0 aromatic heterocycles. The van der Waals surface area contributed by atoms with Crippen LogP contribution in [0.4, 0.5) is 0 Å². The van der Waals surface area contributed by atoms with Crippen LogP contribution in [-0.4, -0.2) is 47.5 Å². The Kier molecular flexibility index (Phi) is 7.60. The van der Waals surface area contributed by atoms with Crippen LogP contribution in [0.15, 0.2) is 91.0 Å². The van der Waals surface area contributed by atoms with Gasteiger partial charge in [-0.2, -0.15) is 0 Å². The van der Waals surface area contributed by atoms with Crippen LogP contribution in [0.2, 0.25) is 0 Å². The van der Waals surface area contributed by atoms with Gasteiger partial charge in [0, 0.05) is 0 Å². The summed E-state index contributed by atoms with van der Waals surface area (Å²) >= 11 is 3.24. The van der Waals surface area contributed by atoms with Crippen LogP contribution in [0.1, 0.15) is 31.1 Å². The van der Waals surface area contributed by atoms with Crippen molar-refractivity contribution in [2.45, 2.75) is 22.9 Å². The molecule has 1 heterocycles. The standard InChI is InChI=1S/C26H22BrNO7/c27-26(28)22(34-25(31)19-14-8-3-9-15-19)21(33-24(30)18-12-6-2-7-13-18)20(35-26)16-32-23(29)17-10-4-1-5-11-17/h1-15,20-22H,16,28H2/t20-,21-,22-,26-/m1/s1. The molecule has 1 saturated heterocycles. The Hall–Kier alpha value is -3.53. The van der Waals surface area contributed by atoms with Crippen LogP contribution >= 0.6 is 15.9 Å². The average molecular weight is 540 g/mol. The summed E-state index contributed by atoms with van der Waals surface area (Å²) in [5.41, 5.74) is 7.15. The minimum Gasteiger partial charge on any atom is -0.459 e. The minimum atomic E-state index is -1.71. The topological polar surface area (TPSA) is 114 Å². The summed E-state index contributed by atoms with van der Waals surface area (Å²) in [4.78, 5) is 38.0. The molecule has 4 atom stereocenters. The van der Waals surface area contributed by atoms with Crippen LogP contribution in [0, 0.1) is 0 Å². The molecule has 1 fully saturated rings. The Balaban J connectivity index is 1.55. The maximum absolute atomic E-state index is 12.8. The maximum atomic E-state index is 12.8. The summed E-state index contributed by atoms with van der Waals surface area (Å²) in [6, 6.07) is 25.0. The van der Waals surface area contributed by atoms with Crippen molar-refractivity contribution < 1.29 is 33.3 Å². The molecule has 9 heteroatoms. The highest BCUT2D eigenvalue weighted by Crippen LogP contribution is 2.37. The number of hydrogen-bond donors (Lipinski definition) is 1. The lowest BCUT2D eigenvalue weighted by Gasteiger charge is -2.26. The number of carbonyl (C=O) groups excluding carboxylic acids is 3. The molecule has 1 aliphatic heterocycles. The number of nitrogens with two attached hydrogens (primary N) is 1. The van der Waals surface area contributed by atoms with E-state index in [2.05, 4.69) is 15.9 Å². The van der Waals surface area contributed by atoms with Crippen molar-refractivity contribution in [3.05, 3.63) is 108 Å². The smallest absolute Gasteiger partial charge is 0.338 e. The zero-order valence-corrected chi connectivity index (χ0v) is 20.0. The molecule has 0 bridgehead atoms. The molecular weight excluding hydrogens is 518 g/mol. The van der Waals surface area contributed by atoms with Crippen LogP contribution in [-0.2, 0) is 18.9 Å². The second-order valence-electron chi connectivity index (χ2n) is 7.75. The van der Waals surface area contributed by atoms with Crippen LogP contribution in [0.3, 0.4) is 0 Å². The molecule has 0 saturated carbocycles. The summed E-state index contributed by atoms with van der Waals surface area (Å²) < 4.78 is 20.8. The van der Waals surface area contributed by atoms with Gasteiger partial charge in [0.1, 0.15) is 12.7 Å². The molecule has 4 rings (SSSR count). The molecular formula is C26H22BrNO7. The van der Waals surface area contributed by atoms with E-state index >= 15 is 0 Å². The summed E-state index contributed by atoms with van der Waals surface area (Å²) in [6.07, 6.45) is -3.44. The van der Waals surface area contributed by atoms with E-state index in [4.69, 9.17) is 24.7 Å². The molecule has 0 unspecified atom stereocenters. The molecule has 1 aliphatic rings. The van der Waals surface area contributed by atoms with Gasteiger partial charge >= 0.3 is 17.9 Å². The van der Waals surface area contributed by atoms with Crippen LogP contribution in [0.25, 0.3) is 0 Å². The second kappa shape index (κ2) is 10.8. The fraction of sp³-hybridized carbons (Fsp3) is 0.192. The zero-order chi connectivity index (χ0) is 24.8. The van der Waals surface area contributed by atoms with Crippen molar-refractivity contribution in [2.24, 2.45) is 5.73 Å². The van der Waals surface area contributed by atoms with Crippen molar-refractivity contribution in [1.82, 2.24) is 0 Å². The predicted molar refractivity (Wildman–Crippen MR) is 129 cm³/mol. The van der Waals surface area contributed by atoms with E-state index in [-0.39, 0.29) is 17.7 Å². The van der Waals surface area contributed by atoms with Gasteiger partial charge in [-0.15, -0.1) is 0 Å². The van der Waals surface area contributed by atoms with E-state index in [0.717, 1.165) is 0 Å². The molecule has 3 aromatic rings. The minimum absolute atomic E-state index is 0.280. The lowest BCUT2D eigenvalue weighted by atomic mass is 10.1. The highest BCUT2D eigenvalue weighted by molar-refractivity contribution is 9.10. The SMILES string of the molecule is N[C@@]1(Br)O[C@H](COC(=O)c2ccccc2)[C@@H](OC(=O)c2ccccc2)[C@H]1OC(=O)c1ccccc1. The van der Waals surface area contributed by atoms with Crippen molar-refractivity contribution in [3.63, 3.8) is 0 Å². The first kappa shape index (κ1) is 24.6. The summed E-state index contributed by atoms with van der Waals surface area (Å²) in [6.45, 7) is -0.301. The number of rotatable bonds is 7. The third kappa shape index (κ3) is 5.94. The molecule has 0 radical (unpaired) electrons. The third-order valence-electron chi connectivity index (χ3n) is 5.27. The fourth-order valence-corrected chi connectivity index (χ4v) is 4.13. The number of ether oxygens (including phenoxy) is 4. The van der Waals surface area contributed by atoms with Gasteiger partial charge in [-0.25, -0.2) is 14.4 Å². The van der Waals surface area contributed by atoms with E-state index in [9.17, 15) is 14.4 Å². The van der Waals surface area contributed by atoms with Crippen molar-refractivity contribution >= 4 is 33.8 Å². The summed E-state index contributed by atoms with van der Waals surface area (Å²) in [5, 5.41) is 0. The molecule has 180 valence electrons. The van der Waals surface area contributed by atoms with Crippen molar-refractivity contribution in [1.29, 1.82) is 0 Å². The van der Waals surface area contributed by atoms with Gasteiger partial charge in [0.25, 0.3) is 0 Å². The summed E-state index contributed by atoms with van der Waals surface area (Å²) in [5.74, 6) is -1.95.